The second-order valence-electron chi connectivity index (χ2n) is 7.12. The number of aryl methyl sites for hydroxylation is 1. The van der Waals surface area contributed by atoms with E-state index in [1.165, 1.54) is 0 Å². The number of carbonyl (C=O) groups is 1. The van der Waals surface area contributed by atoms with Crippen molar-refractivity contribution in [2.75, 3.05) is 7.11 Å². The molecule has 0 saturated carbocycles. The van der Waals surface area contributed by atoms with Crippen molar-refractivity contribution in [2.24, 2.45) is 7.05 Å². The van der Waals surface area contributed by atoms with E-state index in [-0.39, 0.29) is 12.5 Å². The SMILES string of the molecule is COc1cccc(C(NC(=O)Cn2c(-c3ccc(Cl)cc3)n[nH]c2=S)c2nccn2C)c1. The quantitative estimate of drug-likeness (QED) is 0.401. The number of methoxy groups -OCH3 is 1. The minimum absolute atomic E-state index is 0.0157. The zero-order valence-electron chi connectivity index (χ0n) is 17.4. The number of benzene rings is 2. The first-order chi connectivity index (χ1) is 15.5. The number of H-pyrrole nitrogens is 1. The van der Waals surface area contributed by atoms with Crippen LogP contribution in [0.4, 0.5) is 0 Å². The molecule has 0 fully saturated rings. The van der Waals surface area contributed by atoms with E-state index in [4.69, 9.17) is 28.6 Å². The molecule has 2 aromatic carbocycles. The number of ether oxygens (including phenoxy) is 1. The topological polar surface area (TPSA) is 89.8 Å². The number of hydrogen-bond acceptors (Lipinski definition) is 5. The summed E-state index contributed by atoms with van der Waals surface area (Å²) >= 11 is 11.4. The lowest BCUT2D eigenvalue weighted by atomic mass is 10.1. The van der Waals surface area contributed by atoms with Crippen molar-refractivity contribution in [2.45, 2.75) is 12.6 Å². The highest BCUT2D eigenvalue weighted by atomic mass is 35.5. The highest BCUT2D eigenvalue weighted by Gasteiger charge is 2.22. The Morgan fingerprint density at radius 3 is 2.75 bits per heavy atom. The van der Waals surface area contributed by atoms with Crippen LogP contribution in [0, 0.1) is 4.77 Å². The molecule has 2 heterocycles. The molecule has 4 rings (SSSR count). The van der Waals surface area contributed by atoms with Crippen molar-refractivity contribution in [1.82, 2.24) is 29.6 Å². The molecular weight excluding hydrogens is 448 g/mol. The van der Waals surface area contributed by atoms with Gasteiger partial charge < -0.3 is 14.6 Å². The minimum Gasteiger partial charge on any atom is -0.497 e. The van der Waals surface area contributed by atoms with Crippen molar-refractivity contribution in [1.29, 1.82) is 0 Å². The fourth-order valence-electron chi connectivity index (χ4n) is 3.41. The Morgan fingerprint density at radius 2 is 2.06 bits per heavy atom. The number of aromatic nitrogens is 5. The van der Waals surface area contributed by atoms with Crippen LogP contribution in [0.2, 0.25) is 5.02 Å². The third-order valence-electron chi connectivity index (χ3n) is 5.01. The zero-order valence-corrected chi connectivity index (χ0v) is 19.0. The van der Waals surface area contributed by atoms with Crippen LogP contribution in [0.5, 0.6) is 5.75 Å². The van der Waals surface area contributed by atoms with E-state index >= 15 is 0 Å². The van der Waals surface area contributed by atoms with Crippen LogP contribution in [-0.2, 0) is 18.4 Å². The normalized spacial score (nSPS) is 11.8. The predicted octanol–water partition coefficient (Wildman–Crippen LogP) is 3.91. The third-order valence-corrected chi connectivity index (χ3v) is 5.58. The van der Waals surface area contributed by atoms with Gasteiger partial charge in [-0.05, 0) is 54.2 Å². The first kappa shape index (κ1) is 21.8. The molecule has 1 atom stereocenters. The van der Waals surface area contributed by atoms with Gasteiger partial charge in [-0.3, -0.25) is 14.5 Å². The van der Waals surface area contributed by atoms with Gasteiger partial charge in [0, 0.05) is 30.0 Å². The van der Waals surface area contributed by atoms with Crippen LogP contribution in [0.3, 0.4) is 0 Å². The van der Waals surface area contributed by atoms with Gasteiger partial charge in [-0.15, -0.1) is 0 Å². The highest BCUT2D eigenvalue weighted by molar-refractivity contribution is 7.71. The number of hydrogen-bond donors (Lipinski definition) is 2. The predicted molar refractivity (Wildman–Crippen MR) is 124 cm³/mol. The Labute approximate surface area is 194 Å². The summed E-state index contributed by atoms with van der Waals surface area (Å²) in [7, 11) is 3.49. The van der Waals surface area contributed by atoms with E-state index in [1.54, 1.807) is 30.0 Å². The van der Waals surface area contributed by atoms with Gasteiger partial charge in [0.25, 0.3) is 0 Å². The Morgan fingerprint density at radius 1 is 1.28 bits per heavy atom. The Balaban J connectivity index is 1.63. The lowest BCUT2D eigenvalue weighted by Gasteiger charge is -2.20. The Kier molecular flexibility index (Phi) is 6.38. The smallest absolute Gasteiger partial charge is 0.240 e. The maximum atomic E-state index is 13.1. The van der Waals surface area contributed by atoms with Gasteiger partial charge in [-0.2, -0.15) is 5.10 Å². The molecule has 1 unspecified atom stereocenters. The summed E-state index contributed by atoms with van der Waals surface area (Å²) in [5, 5.41) is 10.7. The summed E-state index contributed by atoms with van der Waals surface area (Å²) in [6.07, 6.45) is 3.53. The summed E-state index contributed by atoms with van der Waals surface area (Å²) in [4.78, 5) is 17.6. The van der Waals surface area contributed by atoms with Gasteiger partial charge in [-0.25, -0.2) is 4.98 Å². The maximum Gasteiger partial charge on any atom is 0.240 e. The number of amides is 1. The van der Waals surface area contributed by atoms with Gasteiger partial charge >= 0.3 is 0 Å². The molecule has 0 aliphatic carbocycles. The van der Waals surface area contributed by atoms with Crippen LogP contribution in [0.15, 0.2) is 60.9 Å². The van der Waals surface area contributed by atoms with Gasteiger partial charge in [0.2, 0.25) is 5.91 Å². The molecule has 0 aliphatic heterocycles. The van der Waals surface area contributed by atoms with E-state index in [1.807, 2.05) is 54.2 Å². The summed E-state index contributed by atoms with van der Waals surface area (Å²) in [6.45, 7) is -0.0157. The second-order valence-corrected chi connectivity index (χ2v) is 7.94. The van der Waals surface area contributed by atoms with Gasteiger partial charge in [0.05, 0.1) is 7.11 Å². The van der Waals surface area contributed by atoms with Gasteiger partial charge in [0.1, 0.15) is 24.2 Å². The summed E-state index contributed by atoms with van der Waals surface area (Å²) in [6, 6.07) is 14.2. The van der Waals surface area contributed by atoms with Crippen LogP contribution >= 0.6 is 23.8 Å². The van der Waals surface area contributed by atoms with Gasteiger partial charge in [-0.1, -0.05) is 23.7 Å². The molecule has 0 bridgehead atoms. The third kappa shape index (κ3) is 4.58. The van der Waals surface area contributed by atoms with Crippen LogP contribution in [-0.4, -0.2) is 37.3 Å². The molecule has 32 heavy (non-hydrogen) atoms. The largest absolute Gasteiger partial charge is 0.497 e. The molecule has 164 valence electrons. The average molecular weight is 469 g/mol. The van der Waals surface area contributed by atoms with E-state index in [9.17, 15) is 4.79 Å². The van der Waals surface area contributed by atoms with E-state index in [0.717, 1.165) is 11.1 Å². The first-order valence-electron chi connectivity index (χ1n) is 9.78. The van der Waals surface area contributed by atoms with Crippen molar-refractivity contribution in [3.63, 3.8) is 0 Å². The van der Waals surface area contributed by atoms with Crippen molar-refractivity contribution >= 4 is 29.7 Å². The molecular formula is C22H21ClN6O2S. The standard InChI is InChI=1S/C22H21ClN6O2S/c1-28-11-10-24-21(28)19(15-4-3-5-17(12-15)31-2)25-18(30)13-29-20(26-27-22(29)32)14-6-8-16(23)9-7-14/h3-12,19H,13H2,1-2H3,(H,25,30)(H,27,32). The van der Waals surface area contributed by atoms with Gasteiger partial charge in [0.15, 0.2) is 10.6 Å². The number of imidazole rings is 1. The Hall–Kier alpha value is -3.43. The molecule has 2 aromatic heterocycles. The molecule has 0 saturated heterocycles. The summed E-state index contributed by atoms with van der Waals surface area (Å²) in [5.74, 6) is 1.70. The fourth-order valence-corrected chi connectivity index (χ4v) is 3.73. The molecule has 1 amide bonds. The number of rotatable bonds is 7. The number of nitrogens with one attached hydrogen (secondary N) is 2. The van der Waals surface area contributed by atoms with Crippen molar-refractivity contribution < 1.29 is 9.53 Å². The maximum absolute atomic E-state index is 13.1. The fraction of sp³-hybridized carbons (Fsp3) is 0.182. The van der Waals surface area contributed by atoms with Crippen molar-refractivity contribution in [3.8, 4) is 17.1 Å². The molecule has 0 spiro atoms. The number of carbonyl (C=O) groups excluding carboxylic acids is 1. The highest BCUT2D eigenvalue weighted by Crippen LogP contribution is 2.25. The second kappa shape index (κ2) is 9.37. The number of aromatic amines is 1. The molecule has 0 radical (unpaired) electrons. The number of nitrogens with zero attached hydrogens (tertiary/aromatic N) is 4. The minimum atomic E-state index is -0.474. The number of halogens is 1. The average Bonchev–Trinajstić information content (AvgIpc) is 3.38. The van der Waals surface area contributed by atoms with Crippen LogP contribution in [0.25, 0.3) is 11.4 Å². The molecule has 2 N–H and O–H groups in total. The van der Waals surface area contributed by atoms with E-state index in [2.05, 4.69) is 20.5 Å². The lowest BCUT2D eigenvalue weighted by Crippen LogP contribution is -2.33. The summed E-state index contributed by atoms with van der Waals surface area (Å²) < 4.78 is 9.22. The van der Waals surface area contributed by atoms with E-state index in [0.29, 0.717) is 27.2 Å². The molecule has 8 nitrogen and oxygen atoms in total. The van der Waals surface area contributed by atoms with Crippen LogP contribution < -0.4 is 10.1 Å². The molecule has 0 aliphatic rings. The molecule has 10 heteroatoms. The lowest BCUT2D eigenvalue weighted by molar-refractivity contribution is -0.122. The van der Waals surface area contributed by atoms with Crippen LogP contribution in [0.1, 0.15) is 17.4 Å². The zero-order chi connectivity index (χ0) is 22.7. The first-order valence-corrected chi connectivity index (χ1v) is 10.6. The molecule has 4 aromatic rings. The summed E-state index contributed by atoms with van der Waals surface area (Å²) in [5.41, 5.74) is 1.64. The van der Waals surface area contributed by atoms with E-state index < -0.39 is 6.04 Å². The monoisotopic (exact) mass is 468 g/mol. The Bertz CT molecular complexity index is 1290. The van der Waals surface area contributed by atoms with Crippen molar-refractivity contribution in [3.05, 3.63) is 82.1 Å².